The van der Waals surface area contributed by atoms with Crippen LogP contribution in [0.25, 0.3) is 33.6 Å². The highest BCUT2D eigenvalue weighted by Gasteiger charge is 2.47. The lowest BCUT2D eigenvalue weighted by Gasteiger charge is -2.48. The number of nitrogens with zero attached hydrogens (tertiary/aromatic N) is 6. The maximum absolute atomic E-state index is 7.12. The molecule has 8 rings (SSSR count). The molecule has 2 spiro atoms. The van der Waals surface area contributed by atoms with E-state index in [9.17, 15) is 0 Å². The van der Waals surface area contributed by atoms with Crippen LogP contribution in [0.3, 0.4) is 0 Å². The Morgan fingerprint density at radius 2 is 1.08 bits per heavy atom. The molecule has 0 saturated carbocycles. The van der Waals surface area contributed by atoms with Gasteiger partial charge in [0.05, 0.1) is 59.1 Å². The highest BCUT2D eigenvalue weighted by atomic mass is 35.5. The smallest absolute Gasteiger partial charge is 0.237 e. The van der Waals surface area contributed by atoms with E-state index in [1.54, 1.807) is 26.6 Å². The van der Waals surface area contributed by atoms with E-state index >= 15 is 0 Å². The summed E-state index contributed by atoms with van der Waals surface area (Å²) in [5.41, 5.74) is 8.36. The van der Waals surface area contributed by atoms with E-state index in [2.05, 4.69) is 33.6 Å². The highest BCUT2D eigenvalue weighted by Crippen LogP contribution is 2.43. The Hall–Kier alpha value is -4.22. The van der Waals surface area contributed by atoms with E-state index in [0.717, 1.165) is 96.9 Å². The van der Waals surface area contributed by atoms with Crippen LogP contribution in [0.2, 0.25) is 10.0 Å². The van der Waals surface area contributed by atoms with Gasteiger partial charge in [-0.1, -0.05) is 72.8 Å². The van der Waals surface area contributed by atoms with Gasteiger partial charge in [0.2, 0.25) is 11.8 Å². The minimum atomic E-state index is 0.147. The number of hydrogen-bond donors (Lipinski definition) is 2. The summed E-state index contributed by atoms with van der Waals surface area (Å²) in [6.45, 7) is 13.3. The lowest BCUT2D eigenvalue weighted by molar-refractivity contribution is 0.0488. The number of benzene rings is 2. The van der Waals surface area contributed by atoms with E-state index < -0.39 is 0 Å². The molecule has 258 valence electrons. The van der Waals surface area contributed by atoms with Crippen molar-refractivity contribution in [1.82, 2.24) is 40.4 Å². The van der Waals surface area contributed by atoms with Gasteiger partial charge in [0.15, 0.2) is 0 Å². The number of rotatable bonds is 9. The zero-order valence-electron chi connectivity index (χ0n) is 28.4. The third kappa shape index (κ3) is 5.98. The first-order chi connectivity index (χ1) is 24.2. The summed E-state index contributed by atoms with van der Waals surface area (Å²) in [6.07, 6.45) is 7.83. The Morgan fingerprint density at radius 3 is 1.44 bits per heavy atom. The number of methoxy groups -OCH3 is 2. The third-order valence-electron chi connectivity index (χ3n) is 10.4. The second kappa shape index (κ2) is 12.8. The molecule has 0 bridgehead atoms. The normalized spacial score (nSPS) is 19.3. The molecule has 2 N–H and O–H groups in total. The lowest BCUT2D eigenvalue weighted by atomic mass is 9.88. The Kier molecular flexibility index (Phi) is 8.46. The molecule has 0 aliphatic carbocycles. The van der Waals surface area contributed by atoms with E-state index in [1.165, 1.54) is 0 Å². The van der Waals surface area contributed by atoms with Crippen molar-refractivity contribution in [1.29, 1.82) is 0 Å². The Labute approximate surface area is 302 Å². The molecule has 0 radical (unpaired) electrons. The minimum Gasteiger partial charge on any atom is -0.480 e. The average molecular weight is 712 g/mol. The molecule has 2 aromatic heterocycles. The van der Waals surface area contributed by atoms with Crippen molar-refractivity contribution >= 4 is 23.2 Å². The summed E-state index contributed by atoms with van der Waals surface area (Å²) in [5.74, 6) is 0.971. The Morgan fingerprint density at radius 1 is 0.680 bits per heavy atom. The Balaban J connectivity index is 1.01. The van der Waals surface area contributed by atoms with Gasteiger partial charge in [0, 0.05) is 72.9 Å². The number of hydrogen-bond acceptors (Lipinski definition) is 10. The standard InChI is InChI=1S/C38H40Cl2N8O2/c1-23-11-13-37(45-23)19-47(20-37)17-31-35(49-3)43-29(15-41-31)27-9-5-7-25(33(27)39)26-8-6-10-28(34(26)40)30-16-42-32(36(44-30)50-4)18-48-21-38(22-48)14-12-24(2)46-38/h5-10,15-16,45-46H,1-2,11-14,17-22H2,3-4H3. The van der Waals surface area contributed by atoms with Crippen molar-refractivity contribution in [2.45, 2.75) is 49.9 Å². The predicted octanol–water partition coefficient (Wildman–Crippen LogP) is 6.49. The van der Waals surface area contributed by atoms with Crippen LogP contribution in [0.4, 0.5) is 0 Å². The first kappa shape index (κ1) is 33.0. The molecule has 4 aliphatic heterocycles. The molecule has 10 nitrogen and oxygen atoms in total. The van der Waals surface area contributed by atoms with Gasteiger partial charge in [0.1, 0.15) is 11.4 Å². The van der Waals surface area contributed by atoms with Crippen LogP contribution in [-0.4, -0.2) is 81.2 Å². The van der Waals surface area contributed by atoms with Crippen molar-refractivity contribution in [3.63, 3.8) is 0 Å². The van der Waals surface area contributed by atoms with Crippen molar-refractivity contribution in [2.24, 2.45) is 0 Å². The van der Waals surface area contributed by atoms with E-state index in [-0.39, 0.29) is 11.1 Å². The van der Waals surface area contributed by atoms with Gasteiger partial charge >= 0.3 is 0 Å². The van der Waals surface area contributed by atoms with Crippen LogP contribution in [0, 0.1) is 0 Å². The number of aromatic nitrogens is 4. The van der Waals surface area contributed by atoms with Gasteiger partial charge in [-0.2, -0.15) is 0 Å². The van der Waals surface area contributed by atoms with Crippen molar-refractivity contribution in [2.75, 3.05) is 40.4 Å². The number of nitrogens with one attached hydrogen (secondary N) is 2. The van der Waals surface area contributed by atoms with E-state index in [4.69, 9.17) is 52.6 Å². The number of likely N-dealkylation sites (tertiary alicyclic amines) is 2. The molecule has 50 heavy (non-hydrogen) atoms. The molecule has 4 fully saturated rings. The topological polar surface area (TPSA) is 101 Å². The quantitative estimate of drug-likeness (QED) is 0.200. The molecule has 0 atom stereocenters. The monoisotopic (exact) mass is 710 g/mol. The maximum atomic E-state index is 7.12. The van der Waals surface area contributed by atoms with Gasteiger partial charge in [-0.05, 0) is 25.7 Å². The van der Waals surface area contributed by atoms with Crippen LogP contribution in [0.1, 0.15) is 37.1 Å². The predicted molar refractivity (Wildman–Crippen MR) is 196 cm³/mol. The van der Waals surface area contributed by atoms with Gasteiger partial charge in [0.25, 0.3) is 0 Å². The van der Waals surface area contributed by atoms with E-state index in [0.29, 0.717) is 46.3 Å². The molecule has 6 heterocycles. The van der Waals surface area contributed by atoms with Gasteiger partial charge < -0.3 is 20.1 Å². The zero-order valence-corrected chi connectivity index (χ0v) is 29.9. The van der Waals surface area contributed by atoms with Crippen LogP contribution < -0.4 is 20.1 Å². The number of allylic oxidation sites excluding steroid dienone is 2. The fourth-order valence-electron chi connectivity index (χ4n) is 7.99. The first-order valence-electron chi connectivity index (χ1n) is 16.9. The van der Waals surface area contributed by atoms with Crippen molar-refractivity contribution < 1.29 is 9.47 Å². The van der Waals surface area contributed by atoms with Crippen LogP contribution >= 0.6 is 23.2 Å². The molecule has 12 heteroatoms. The second-order valence-electron chi connectivity index (χ2n) is 14.1. The lowest BCUT2D eigenvalue weighted by Crippen LogP contribution is -2.65. The molecule has 4 aliphatic rings. The Bertz CT molecular complexity index is 1860. The fraction of sp³-hybridized carbons (Fsp3) is 0.368. The SMILES string of the molecule is C=C1CCC2(CN(Cc3ncc(-c4cccc(-c5cccc(-c6cnc(CN7CC8(CCC(=C)N8)C7)c(OC)n6)c5Cl)c4Cl)nc3OC)C2)N1. The summed E-state index contributed by atoms with van der Waals surface area (Å²) in [5, 5.41) is 8.15. The van der Waals surface area contributed by atoms with E-state index in [1.807, 2.05) is 36.4 Å². The summed E-state index contributed by atoms with van der Waals surface area (Å²) >= 11 is 14.2. The zero-order chi connectivity index (χ0) is 34.6. The molecule has 0 amide bonds. The molecule has 0 unspecified atom stereocenters. The minimum absolute atomic E-state index is 0.147. The number of halogens is 2. The summed E-state index contributed by atoms with van der Waals surface area (Å²) in [7, 11) is 3.24. The molecule has 4 aromatic rings. The summed E-state index contributed by atoms with van der Waals surface area (Å²) in [4.78, 5) is 23.9. The maximum Gasteiger partial charge on any atom is 0.237 e. The van der Waals surface area contributed by atoms with Crippen LogP contribution in [0.5, 0.6) is 11.8 Å². The van der Waals surface area contributed by atoms with Gasteiger partial charge in [-0.15, -0.1) is 0 Å². The highest BCUT2D eigenvalue weighted by molar-refractivity contribution is 6.39. The number of ether oxygens (including phenoxy) is 2. The molecule has 4 saturated heterocycles. The van der Waals surface area contributed by atoms with Crippen LogP contribution in [0.15, 0.2) is 73.3 Å². The molecule has 2 aromatic carbocycles. The summed E-state index contributed by atoms with van der Waals surface area (Å²) < 4.78 is 11.4. The second-order valence-corrected chi connectivity index (χ2v) is 14.8. The van der Waals surface area contributed by atoms with Crippen molar-refractivity contribution in [3.05, 3.63) is 94.8 Å². The van der Waals surface area contributed by atoms with Crippen LogP contribution in [-0.2, 0) is 13.1 Å². The average Bonchev–Trinajstić information content (AvgIpc) is 3.68. The first-order valence-corrected chi connectivity index (χ1v) is 17.7. The molecular weight excluding hydrogens is 671 g/mol. The van der Waals surface area contributed by atoms with Crippen molar-refractivity contribution in [3.8, 4) is 45.4 Å². The molecular formula is C38H40Cl2N8O2. The third-order valence-corrected chi connectivity index (χ3v) is 11.2. The van der Waals surface area contributed by atoms with Gasteiger partial charge in [-0.3, -0.25) is 19.8 Å². The summed E-state index contributed by atoms with van der Waals surface area (Å²) in [6, 6.07) is 11.6. The van der Waals surface area contributed by atoms with Gasteiger partial charge in [-0.25, -0.2) is 9.97 Å². The fourth-order valence-corrected chi connectivity index (χ4v) is 8.64. The largest absolute Gasteiger partial charge is 0.480 e.